The van der Waals surface area contributed by atoms with Gasteiger partial charge in [0.15, 0.2) is 0 Å². The molecular formula is C26H23ClF4N4O3. The summed E-state index contributed by atoms with van der Waals surface area (Å²) in [6.07, 6.45) is -5.21. The van der Waals surface area contributed by atoms with Crippen LogP contribution in [0.1, 0.15) is 41.0 Å². The molecule has 1 atom stereocenters. The smallest absolute Gasteiger partial charge is 0.374 e. The number of hydrogen-bond acceptors (Lipinski definition) is 5. The number of carbonyl (C=O) groups is 2. The van der Waals surface area contributed by atoms with Crippen LogP contribution in [0, 0.1) is 5.82 Å². The van der Waals surface area contributed by atoms with Crippen LogP contribution in [0.15, 0.2) is 54.6 Å². The van der Waals surface area contributed by atoms with E-state index in [9.17, 15) is 32.3 Å². The Morgan fingerprint density at radius 1 is 1.11 bits per heavy atom. The molecule has 7 nitrogen and oxygen atoms in total. The number of hydrogen-bond donors (Lipinski definition) is 4. The molecule has 0 aliphatic carbocycles. The predicted molar refractivity (Wildman–Crippen MR) is 133 cm³/mol. The predicted octanol–water partition coefficient (Wildman–Crippen LogP) is 4.54. The van der Waals surface area contributed by atoms with Crippen molar-refractivity contribution in [3.05, 3.63) is 82.8 Å². The summed E-state index contributed by atoms with van der Waals surface area (Å²) in [7, 11) is 0. The Morgan fingerprint density at radius 3 is 2.42 bits per heavy atom. The van der Waals surface area contributed by atoms with Crippen LogP contribution < -0.4 is 15.5 Å². The normalized spacial score (nSPS) is 15.0. The molecule has 0 radical (unpaired) electrons. The number of alkyl halides is 3. The largest absolute Gasteiger partial charge is 0.424 e. The summed E-state index contributed by atoms with van der Waals surface area (Å²) in [6, 6.07) is 11.7. The van der Waals surface area contributed by atoms with E-state index in [1.54, 1.807) is 13.8 Å². The quantitative estimate of drug-likeness (QED) is 0.255. The van der Waals surface area contributed by atoms with E-state index in [2.05, 4.69) is 20.5 Å². The first-order valence-electron chi connectivity index (χ1n) is 11.4. The van der Waals surface area contributed by atoms with Gasteiger partial charge < -0.3 is 15.7 Å². The maximum absolute atomic E-state index is 14.4. The lowest BCUT2D eigenvalue weighted by atomic mass is 9.89. The van der Waals surface area contributed by atoms with Gasteiger partial charge in [-0.2, -0.15) is 13.2 Å². The minimum Gasteiger partial charge on any atom is -0.374 e. The Bertz CT molecular complexity index is 1400. The SMILES string of the molecule is CC(C)(NCl)c1cc(-c2ccc(F)cc2)nc(C(O)(CNC(=O)c2ccc3c(c2)CC(=O)N3)C(F)(F)F)c1. The van der Waals surface area contributed by atoms with Crippen LogP contribution in [0.4, 0.5) is 23.2 Å². The van der Waals surface area contributed by atoms with Gasteiger partial charge in [0.1, 0.15) is 5.82 Å². The molecule has 0 spiro atoms. The van der Waals surface area contributed by atoms with Gasteiger partial charge in [-0.1, -0.05) is 0 Å². The number of anilines is 1. The Hall–Kier alpha value is -3.54. The van der Waals surface area contributed by atoms with Crippen molar-refractivity contribution in [2.24, 2.45) is 0 Å². The number of nitrogens with zero attached hydrogens (tertiary/aromatic N) is 1. The van der Waals surface area contributed by atoms with Gasteiger partial charge in [0.2, 0.25) is 11.5 Å². The van der Waals surface area contributed by atoms with Crippen molar-refractivity contribution < 1.29 is 32.3 Å². The lowest BCUT2D eigenvalue weighted by Gasteiger charge is -2.32. The zero-order chi connectivity index (χ0) is 27.9. The topological polar surface area (TPSA) is 103 Å². The van der Waals surface area contributed by atoms with Gasteiger partial charge in [0.05, 0.1) is 29.9 Å². The third kappa shape index (κ3) is 5.35. The first-order valence-corrected chi connectivity index (χ1v) is 11.8. The molecule has 0 saturated carbocycles. The molecule has 4 rings (SSSR count). The van der Waals surface area contributed by atoms with E-state index in [-0.39, 0.29) is 29.1 Å². The molecule has 2 heterocycles. The highest BCUT2D eigenvalue weighted by Gasteiger charge is 2.56. The highest BCUT2D eigenvalue weighted by atomic mass is 35.5. The first kappa shape index (κ1) is 27.5. The molecule has 1 aromatic heterocycles. The molecule has 0 saturated heterocycles. The zero-order valence-electron chi connectivity index (χ0n) is 20.2. The monoisotopic (exact) mass is 550 g/mol. The standard InChI is InChI=1S/C26H23ClF4N4O3/c1-24(2,35-27)17-11-20(14-3-6-18(28)7-4-14)33-21(12-17)25(38,26(29,30)31)13-32-23(37)15-5-8-19-16(9-15)10-22(36)34-19/h3-9,11-12,35,38H,10,13H2,1-2H3,(H,32,37)(H,34,36). The van der Waals surface area contributed by atoms with Crippen LogP contribution >= 0.6 is 11.8 Å². The van der Waals surface area contributed by atoms with Crippen LogP contribution in [-0.4, -0.2) is 34.6 Å². The van der Waals surface area contributed by atoms with Crippen LogP contribution in [0.25, 0.3) is 11.3 Å². The van der Waals surface area contributed by atoms with E-state index >= 15 is 0 Å². The van der Waals surface area contributed by atoms with Crippen LogP contribution in [0.5, 0.6) is 0 Å². The molecule has 1 unspecified atom stereocenters. The molecule has 200 valence electrons. The van der Waals surface area contributed by atoms with Gasteiger partial charge in [-0.15, -0.1) is 0 Å². The van der Waals surface area contributed by atoms with Crippen molar-refractivity contribution in [3.63, 3.8) is 0 Å². The van der Waals surface area contributed by atoms with Crippen molar-refractivity contribution in [1.29, 1.82) is 0 Å². The maximum Gasteiger partial charge on any atom is 0.424 e. The average molecular weight is 551 g/mol. The van der Waals surface area contributed by atoms with Crippen molar-refractivity contribution >= 4 is 29.3 Å². The number of carbonyl (C=O) groups excluding carboxylic acids is 2. The number of nitrogens with one attached hydrogen (secondary N) is 3. The molecule has 0 fully saturated rings. The van der Waals surface area contributed by atoms with Gasteiger partial charge in [0, 0.05) is 16.8 Å². The third-order valence-electron chi connectivity index (χ3n) is 6.31. The van der Waals surface area contributed by atoms with Crippen LogP contribution in [0.3, 0.4) is 0 Å². The van der Waals surface area contributed by atoms with E-state index in [0.29, 0.717) is 16.8 Å². The van der Waals surface area contributed by atoms with Gasteiger partial charge >= 0.3 is 6.18 Å². The van der Waals surface area contributed by atoms with Crippen LogP contribution in [-0.2, 0) is 22.4 Å². The Balaban J connectivity index is 1.72. The number of halogens is 5. The number of rotatable bonds is 7. The molecule has 12 heteroatoms. The van der Waals surface area contributed by atoms with Crippen molar-refractivity contribution in [2.45, 2.75) is 37.6 Å². The van der Waals surface area contributed by atoms with Crippen LogP contribution in [0.2, 0.25) is 0 Å². The lowest BCUT2D eigenvalue weighted by Crippen LogP contribution is -2.51. The van der Waals surface area contributed by atoms with Crippen molar-refractivity contribution in [3.8, 4) is 11.3 Å². The average Bonchev–Trinajstić information content (AvgIpc) is 3.25. The number of fused-ring (bicyclic) bond motifs is 1. The molecule has 2 amide bonds. The highest BCUT2D eigenvalue weighted by molar-refractivity contribution is 6.13. The summed E-state index contributed by atoms with van der Waals surface area (Å²) in [5.74, 6) is -1.69. The molecule has 4 N–H and O–H groups in total. The summed E-state index contributed by atoms with van der Waals surface area (Å²) in [5.41, 5.74) is -3.79. The molecule has 3 aromatic rings. The third-order valence-corrected chi connectivity index (χ3v) is 6.79. The molecule has 1 aliphatic heterocycles. The zero-order valence-corrected chi connectivity index (χ0v) is 21.0. The summed E-state index contributed by atoms with van der Waals surface area (Å²) < 4.78 is 56.6. The van der Waals surface area contributed by atoms with E-state index in [1.165, 1.54) is 36.4 Å². The minimum absolute atomic E-state index is 0.0194. The number of aromatic nitrogens is 1. The fourth-order valence-electron chi connectivity index (χ4n) is 3.94. The Morgan fingerprint density at radius 2 is 1.79 bits per heavy atom. The number of pyridine rings is 1. The fourth-order valence-corrected chi connectivity index (χ4v) is 4.05. The van der Waals surface area contributed by atoms with E-state index in [1.807, 2.05) is 0 Å². The van der Waals surface area contributed by atoms with E-state index in [0.717, 1.165) is 18.2 Å². The fraction of sp³-hybridized carbons (Fsp3) is 0.269. The second-order valence-corrected chi connectivity index (χ2v) is 9.68. The summed E-state index contributed by atoms with van der Waals surface area (Å²) in [5, 5.41) is 15.8. The van der Waals surface area contributed by atoms with Gasteiger partial charge in [-0.3, -0.25) is 9.59 Å². The van der Waals surface area contributed by atoms with Gasteiger partial charge in [-0.25, -0.2) is 14.2 Å². The summed E-state index contributed by atoms with van der Waals surface area (Å²) in [6.45, 7) is 1.96. The number of benzene rings is 2. The van der Waals surface area contributed by atoms with Gasteiger partial charge in [0.25, 0.3) is 5.91 Å². The van der Waals surface area contributed by atoms with Crippen molar-refractivity contribution in [2.75, 3.05) is 11.9 Å². The number of aliphatic hydroxyl groups is 1. The summed E-state index contributed by atoms with van der Waals surface area (Å²) >= 11 is 5.84. The van der Waals surface area contributed by atoms with Crippen molar-refractivity contribution in [1.82, 2.24) is 15.1 Å². The molecule has 0 bridgehead atoms. The lowest BCUT2D eigenvalue weighted by molar-refractivity contribution is -0.265. The highest BCUT2D eigenvalue weighted by Crippen LogP contribution is 2.40. The first-order chi connectivity index (χ1) is 17.7. The minimum atomic E-state index is -5.25. The summed E-state index contributed by atoms with van der Waals surface area (Å²) in [4.78, 5) is 30.9. The second kappa shape index (κ2) is 9.97. The second-order valence-electron chi connectivity index (χ2n) is 9.49. The Kier molecular flexibility index (Phi) is 7.21. The molecule has 2 aromatic carbocycles. The molecule has 38 heavy (non-hydrogen) atoms. The molecular weight excluding hydrogens is 528 g/mol. The number of amides is 2. The molecule has 1 aliphatic rings. The Labute approximate surface area is 220 Å². The maximum atomic E-state index is 14.4. The van der Waals surface area contributed by atoms with E-state index < -0.39 is 41.3 Å². The van der Waals surface area contributed by atoms with E-state index in [4.69, 9.17) is 11.8 Å². The van der Waals surface area contributed by atoms with Gasteiger partial charge in [-0.05, 0) is 91.3 Å².